The summed E-state index contributed by atoms with van der Waals surface area (Å²) >= 11 is 0. The first-order valence-corrected chi connectivity index (χ1v) is 3.16. The third-order valence-electron chi connectivity index (χ3n) is 1.09. The van der Waals surface area contributed by atoms with Crippen LogP contribution in [0.15, 0.2) is 24.4 Å². The minimum atomic E-state index is 1.03. The first-order chi connectivity index (χ1) is 4.93. The largest absolute Gasteiger partial charge is 0.261 e. The molecule has 0 aliphatic rings. The molecular formula is C9H11N. The molecule has 0 atom stereocenters. The van der Waals surface area contributed by atoms with Gasteiger partial charge >= 0.3 is 0 Å². The Balaban J connectivity index is 0.000000371. The zero-order valence-electron chi connectivity index (χ0n) is 6.12. The Labute approximate surface area is 62.1 Å². The molecule has 0 aliphatic heterocycles. The summed E-state index contributed by atoms with van der Waals surface area (Å²) in [5, 5.41) is 0. The number of nitrogens with zero attached hydrogens (tertiary/aromatic N) is 1. The van der Waals surface area contributed by atoms with E-state index >= 15 is 0 Å². The molecule has 0 amide bonds. The van der Waals surface area contributed by atoms with E-state index in [2.05, 4.69) is 24.8 Å². The first-order valence-electron chi connectivity index (χ1n) is 3.16. The van der Waals surface area contributed by atoms with Crippen molar-refractivity contribution in [2.75, 3.05) is 0 Å². The number of aromatic nitrogens is 1. The van der Waals surface area contributed by atoms with Gasteiger partial charge in [-0.15, -0.1) is 12.8 Å². The van der Waals surface area contributed by atoms with E-state index in [1.165, 1.54) is 0 Å². The number of hydrogen-bond donors (Lipinski definition) is 0. The number of aryl methyl sites for hydroxylation is 1. The van der Waals surface area contributed by atoms with Crippen molar-refractivity contribution in [2.45, 2.75) is 13.3 Å². The van der Waals surface area contributed by atoms with Gasteiger partial charge in [0, 0.05) is 11.9 Å². The molecule has 1 nitrogen and oxygen atoms in total. The van der Waals surface area contributed by atoms with Crippen LogP contribution in [0.3, 0.4) is 0 Å². The minimum absolute atomic E-state index is 1.03. The molecule has 10 heavy (non-hydrogen) atoms. The summed E-state index contributed by atoms with van der Waals surface area (Å²) in [4.78, 5) is 4.10. The van der Waals surface area contributed by atoms with Crippen molar-refractivity contribution in [1.29, 1.82) is 0 Å². The van der Waals surface area contributed by atoms with Gasteiger partial charge in [0.15, 0.2) is 0 Å². The van der Waals surface area contributed by atoms with Crippen molar-refractivity contribution in [3.05, 3.63) is 30.1 Å². The maximum atomic E-state index is 4.10. The zero-order valence-corrected chi connectivity index (χ0v) is 6.12. The molecule has 1 aromatic rings. The molecule has 0 unspecified atom stereocenters. The smallest absolute Gasteiger partial charge is 0.0400 e. The van der Waals surface area contributed by atoms with E-state index in [-0.39, 0.29) is 0 Å². The first kappa shape index (κ1) is 8.71. The topological polar surface area (TPSA) is 12.9 Å². The van der Waals surface area contributed by atoms with Gasteiger partial charge in [-0.3, -0.25) is 4.98 Å². The van der Waals surface area contributed by atoms with Crippen LogP contribution in [0.4, 0.5) is 0 Å². The fraction of sp³-hybridized carbons (Fsp3) is 0.222. The van der Waals surface area contributed by atoms with Gasteiger partial charge < -0.3 is 0 Å². The maximum Gasteiger partial charge on any atom is 0.0400 e. The lowest BCUT2D eigenvalue weighted by Crippen LogP contribution is -1.81. The number of rotatable bonds is 1. The molecule has 1 rings (SSSR count). The van der Waals surface area contributed by atoms with Gasteiger partial charge in [0.1, 0.15) is 0 Å². The van der Waals surface area contributed by atoms with Crippen molar-refractivity contribution >= 4 is 0 Å². The molecule has 52 valence electrons. The van der Waals surface area contributed by atoms with Crippen LogP contribution in [-0.2, 0) is 6.42 Å². The number of pyridine rings is 1. The van der Waals surface area contributed by atoms with Crippen LogP contribution in [-0.4, -0.2) is 4.98 Å². The van der Waals surface area contributed by atoms with E-state index in [9.17, 15) is 0 Å². The zero-order chi connectivity index (χ0) is 7.82. The van der Waals surface area contributed by atoms with Crippen LogP contribution < -0.4 is 0 Å². The highest BCUT2D eigenvalue weighted by Crippen LogP contribution is 1.91. The van der Waals surface area contributed by atoms with Crippen LogP contribution in [0, 0.1) is 12.8 Å². The molecule has 0 bridgehead atoms. The molecule has 0 fully saturated rings. The monoisotopic (exact) mass is 133 g/mol. The van der Waals surface area contributed by atoms with Crippen molar-refractivity contribution < 1.29 is 0 Å². The summed E-state index contributed by atoms with van der Waals surface area (Å²) in [5.41, 5.74) is 1.16. The molecule has 0 saturated heterocycles. The predicted octanol–water partition coefficient (Wildman–Crippen LogP) is 1.89. The number of terminal acetylenes is 1. The van der Waals surface area contributed by atoms with Gasteiger partial charge in [0.25, 0.3) is 0 Å². The molecule has 0 aliphatic carbocycles. The fourth-order valence-corrected chi connectivity index (χ4v) is 0.607. The summed E-state index contributed by atoms with van der Waals surface area (Å²) < 4.78 is 0. The van der Waals surface area contributed by atoms with Crippen molar-refractivity contribution in [3.63, 3.8) is 0 Å². The quantitative estimate of drug-likeness (QED) is 0.533. The highest BCUT2D eigenvalue weighted by Gasteiger charge is 1.81. The van der Waals surface area contributed by atoms with Gasteiger partial charge in [0.05, 0.1) is 0 Å². The Morgan fingerprint density at radius 3 is 2.40 bits per heavy atom. The normalized spacial score (nSPS) is 7.50. The molecular weight excluding hydrogens is 122 g/mol. The molecule has 1 aromatic heterocycles. The SMILES string of the molecule is C#C.CCc1ccccn1. The number of hydrogen-bond acceptors (Lipinski definition) is 1. The van der Waals surface area contributed by atoms with Gasteiger partial charge in [-0.2, -0.15) is 0 Å². The molecule has 0 saturated carbocycles. The van der Waals surface area contributed by atoms with Crippen LogP contribution in [0.5, 0.6) is 0 Å². The van der Waals surface area contributed by atoms with Gasteiger partial charge in [-0.1, -0.05) is 13.0 Å². The molecule has 1 heterocycles. The average Bonchev–Trinajstić information content (AvgIpc) is 2.10. The Bertz CT molecular complexity index is 176. The highest BCUT2D eigenvalue weighted by atomic mass is 14.6. The lowest BCUT2D eigenvalue weighted by atomic mass is 10.3. The van der Waals surface area contributed by atoms with Crippen molar-refractivity contribution in [1.82, 2.24) is 4.98 Å². The molecule has 0 spiro atoms. The predicted molar refractivity (Wildman–Crippen MR) is 43.5 cm³/mol. The van der Waals surface area contributed by atoms with Crippen LogP contribution in [0.2, 0.25) is 0 Å². The molecule has 0 radical (unpaired) electrons. The molecule has 0 N–H and O–H groups in total. The van der Waals surface area contributed by atoms with E-state index in [0.29, 0.717) is 0 Å². The lowest BCUT2D eigenvalue weighted by Gasteiger charge is -1.88. The Hall–Kier alpha value is -1.29. The Morgan fingerprint density at radius 1 is 1.40 bits per heavy atom. The second-order valence-electron chi connectivity index (χ2n) is 1.67. The maximum absolute atomic E-state index is 4.10. The minimum Gasteiger partial charge on any atom is -0.261 e. The third-order valence-corrected chi connectivity index (χ3v) is 1.09. The van der Waals surface area contributed by atoms with Crippen LogP contribution >= 0.6 is 0 Å². The highest BCUT2D eigenvalue weighted by molar-refractivity contribution is 5.02. The summed E-state index contributed by atoms with van der Waals surface area (Å²) in [5.74, 6) is 0. The van der Waals surface area contributed by atoms with Crippen molar-refractivity contribution in [2.24, 2.45) is 0 Å². The Morgan fingerprint density at radius 2 is 2.10 bits per heavy atom. The standard InChI is InChI=1S/C7H9N.C2H2/c1-2-7-5-3-4-6-8-7;1-2/h3-6H,2H2,1H3;1-2H. The van der Waals surface area contributed by atoms with Crippen molar-refractivity contribution in [3.8, 4) is 12.8 Å². The fourth-order valence-electron chi connectivity index (χ4n) is 0.607. The lowest BCUT2D eigenvalue weighted by molar-refractivity contribution is 1.04. The second kappa shape index (κ2) is 5.84. The van der Waals surface area contributed by atoms with Gasteiger partial charge in [0.2, 0.25) is 0 Å². The van der Waals surface area contributed by atoms with E-state index in [0.717, 1.165) is 12.1 Å². The third kappa shape index (κ3) is 2.88. The van der Waals surface area contributed by atoms with E-state index in [1.807, 2.05) is 24.4 Å². The second-order valence-corrected chi connectivity index (χ2v) is 1.67. The van der Waals surface area contributed by atoms with E-state index in [1.54, 1.807) is 0 Å². The molecule has 1 heteroatoms. The summed E-state index contributed by atoms with van der Waals surface area (Å²) in [6.45, 7) is 2.10. The van der Waals surface area contributed by atoms with E-state index in [4.69, 9.17) is 0 Å². The average molecular weight is 133 g/mol. The summed E-state index contributed by atoms with van der Waals surface area (Å²) in [6.07, 6.45) is 10.8. The van der Waals surface area contributed by atoms with Crippen LogP contribution in [0.1, 0.15) is 12.6 Å². The summed E-state index contributed by atoms with van der Waals surface area (Å²) in [6, 6.07) is 5.96. The molecule has 0 aromatic carbocycles. The van der Waals surface area contributed by atoms with Gasteiger partial charge in [-0.25, -0.2) is 0 Å². The Kier molecular flexibility index (Phi) is 5.09. The van der Waals surface area contributed by atoms with Gasteiger partial charge in [-0.05, 0) is 18.6 Å². The summed E-state index contributed by atoms with van der Waals surface area (Å²) in [7, 11) is 0. The van der Waals surface area contributed by atoms with E-state index < -0.39 is 0 Å². The van der Waals surface area contributed by atoms with Crippen LogP contribution in [0.25, 0.3) is 0 Å².